The highest BCUT2D eigenvalue weighted by Gasteiger charge is 2.27. The Kier molecular flexibility index (Phi) is 9.05. The number of morpholine rings is 1. The van der Waals surface area contributed by atoms with Gasteiger partial charge in [0.25, 0.3) is 5.91 Å². The zero-order chi connectivity index (χ0) is 28.9. The van der Waals surface area contributed by atoms with Crippen molar-refractivity contribution in [3.8, 4) is 5.75 Å². The number of hydrogen-bond donors (Lipinski definition) is 0. The van der Waals surface area contributed by atoms with E-state index >= 15 is 0 Å². The van der Waals surface area contributed by atoms with E-state index in [-0.39, 0.29) is 17.9 Å². The Hall–Kier alpha value is -3.43. The number of fused-ring (bicyclic) bond motifs is 1. The van der Waals surface area contributed by atoms with Gasteiger partial charge in [-0.05, 0) is 86.8 Å². The molecule has 1 aliphatic carbocycles. The molecule has 6 rings (SSSR count). The number of amides is 2. The number of pyridine rings is 1. The first-order valence-electron chi connectivity index (χ1n) is 15.5. The Bertz CT molecular complexity index is 1350. The highest BCUT2D eigenvalue weighted by atomic mass is 16.5. The zero-order valence-electron chi connectivity index (χ0n) is 24.6. The summed E-state index contributed by atoms with van der Waals surface area (Å²) in [4.78, 5) is 34.3. The molecule has 42 heavy (non-hydrogen) atoms. The van der Waals surface area contributed by atoms with Crippen LogP contribution in [0.2, 0.25) is 0 Å². The molecular weight excluding hydrogens is 532 g/mol. The van der Waals surface area contributed by atoms with E-state index in [9.17, 15) is 9.59 Å². The average molecular weight is 575 g/mol. The summed E-state index contributed by atoms with van der Waals surface area (Å²) in [5, 5.41) is 0. The van der Waals surface area contributed by atoms with E-state index < -0.39 is 0 Å². The minimum atomic E-state index is 0.0405. The first-order valence-corrected chi connectivity index (χ1v) is 15.5. The van der Waals surface area contributed by atoms with Crippen LogP contribution in [0.25, 0.3) is 11.0 Å². The van der Waals surface area contributed by atoms with Crippen LogP contribution in [0.3, 0.4) is 0 Å². The van der Waals surface area contributed by atoms with Crippen LogP contribution in [0, 0.1) is 11.8 Å². The maximum atomic E-state index is 13.3. The summed E-state index contributed by atoms with van der Waals surface area (Å²) >= 11 is 0. The lowest BCUT2D eigenvalue weighted by Crippen LogP contribution is -2.40. The highest BCUT2D eigenvalue weighted by Crippen LogP contribution is 2.32. The summed E-state index contributed by atoms with van der Waals surface area (Å²) in [6, 6.07) is 11.9. The molecule has 0 atom stereocenters. The van der Waals surface area contributed by atoms with Gasteiger partial charge in [0.1, 0.15) is 11.3 Å². The number of rotatable bonds is 8. The third-order valence-corrected chi connectivity index (χ3v) is 9.12. The third kappa shape index (κ3) is 6.63. The Morgan fingerprint density at radius 2 is 1.64 bits per heavy atom. The van der Waals surface area contributed by atoms with Gasteiger partial charge in [0.15, 0.2) is 0 Å². The van der Waals surface area contributed by atoms with Crippen molar-refractivity contribution in [1.82, 2.24) is 14.5 Å². The topological polar surface area (TPSA) is 86.1 Å². The van der Waals surface area contributed by atoms with Crippen molar-refractivity contribution in [1.29, 1.82) is 0 Å². The lowest BCUT2D eigenvalue weighted by Gasteiger charge is -2.29. The maximum Gasteiger partial charge on any atom is 0.257 e. The number of carbonyl (C=O) groups is 2. The number of benzene rings is 1. The second kappa shape index (κ2) is 13.3. The molecule has 0 radical (unpaired) electrons. The van der Waals surface area contributed by atoms with Crippen LogP contribution in [0.1, 0.15) is 55.3 Å². The van der Waals surface area contributed by atoms with Crippen LogP contribution in [0.5, 0.6) is 5.75 Å². The van der Waals surface area contributed by atoms with E-state index in [1.807, 2.05) is 48.5 Å². The van der Waals surface area contributed by atoms with Crippen LogP contribution >= 0.6 is 0 Å². The SMILES string of the molecule is CN(C(=O)CC1CCOCC1)c1ccc(OC2CCC(Cn3cc(C(=O)N4CCOCC4)c4ncccc43)CC2)cc1. The maximum absolute atomic E-state index is 13.3. The number of hydrogen-bond acceptors (Lipinski definition) is 6. The fourth-order valence-corrected chi connectivity index (χ4v) is 6.50. The summed E-state index contributed by atoms with van der Waals surface area (Å²) < 4.78 is 19.4. The number of nitrogens with zero attached hydrogens (tertiary/aromatic N) is 4. The van der Waals surface area contributed by atoms with Crippen LogP contribution < -0.4 is 9.64 Å². The molecule has 9 nitrogen and oxygen atoms in total. The predicted molar refractivity (Wildman–Crippen MR) is 161 cm³/mol. The smallest absolute Gasteiger partial charge is 0.257 e. The largest absolute Gasteiger partial charge is 0.490 e. The molecule has 0 spiro atoms. The van der Waals surface area contributed by atoms with E-state index in [0.717, 1.165) is 80.8 Å². The van der Waals surface area contributed by atoms with E-state index in [2.05, 4.69) is 15.6 Å². The van der Waals surface area contributed by atoms with Crippen LogP contribution in [0.15, 0.2) is 48.8 Å². The molecule has 3 aliphatic rings. The first-order chi connectivity index (χ1) is 20.5. The van der Waals surface area contributed by atoms with Gasteiger partial charge < -0.3 is 28.6 Å². The fourth-order valence-electron chi connectivity index (χ4n) is 6.50. The Morgan fingerprint density at radius 1 is 0.929 bits per heavy atom. The van der Waals surface area contributed by atoms with Gasteiger partial charge in [-0.25, -0.2) is 0 Å². The molecule has 3 aromatic rings. The van der Waals surface area contributed by atoms with Gasteiger partial charge >= 0.3 is 0 Å². The molecule has 2 amide bonds. The summed E-state index contributed by atoms with van der Waals surface area (Å²) in [5.41, 5.74) is 3.38. The van der Waals surface area contributed by atoms with Gasteiger partial charge in [0, 0.05) is 64.4 Å². The first kappa shape index (κ1) is 28.7. The zero-order valence-corrected chi connectivity index (χ0v) is 24.6. The van der Waals surface area contributed by atoms with Crippen molar-refractivity contribution in [2.45, 2.75) is 57.6 Å². The predicted octanol–water partition coefficient (Wildman–Crippen LogP) is 4.93. The molecule has 1 saturated carbocycles. The van der Waals surface area contributed by atoms with Gasteiger partial charge in [-0.2, -0.15) is 0 Å². The lowest BCUT2D eigenvalue weighted by molar-refractivity contribution is -0.119. The molecule has 3 fully saturated rings. The van der Waals surface area contributed by atoms with Crippen LogP contribution in [0.4, 0.5) is 5.69 Å². The van der Waals surface area contributed by atoms with E-state index in [0.29, 0.717) is 50.1 Å². The van der Waals surface area contributed by atoms with Crippen molar-refractivity contribution in [2.24, 2.45) is 11.8 Å². The standard InChI is InChI=1S/C33H42N4O5/c1-35(31(38)21-24-12-17-40-18-13-24)26-6-10-28(11-7-26)42-27-8-4-25(5-9-27)22-37-23-29(32-30(37)3-2-14-34-32)33(39)36-15-19-41-20-16-36/h2-3,6-7,10-11,14,23-25,27H,4-5,8-9,12-13,15-22H2,1H3. The number of ether oxygens (including phenoxy) is 3. The quantitative estimate of drug-likeness (QED) is 0.380. The Balaban J connectivity index is 1.01. The number of aromatic nitrogens is 2. The molecule has 9 heteroatoms. The molecule has 2 aromatic heterocycles. The normalized spacial score (nSPS) is 21.8. The molecular formula is C33H42N4O5. The monoisotopic (exact) mass is 574 g/mol. The Labute approximate surface area is 247 Å². The highest BCUT2D eigenvalue weighted by molar-refractivity contribution is 6.05. The third-order valence-electron chi connectivity index (χ3n) is 9.12. The molecule has 1 aromatic carbocycles. The fraction of sp³-hybridized carbons (Fsp3) is 0.545. The van der Waals surface area contributed by atoms with Crippen molar-refractivity contribution >= 4 is 28.5 Å². The second-order valence-electron chi connectivity index (χ2n) is 11.9. The molecule has 0 N–H and O–H groups in total. The number of carbonyl (C=O) groups excluding carboxylic acids is 2. The molecule has 0 unspecified atom stereocenters. The van der Waals surface area contributed by atoms with Gasteiger partial charge in [-0.3, -0.25) is 14.6 Å². The average Bonchev–Trinajstić information content (AvgIpc) is 3.40. The van der Waals surface area contributed by atoms with E-state index in [1.54, 1.807) is 11.1 Å². The minimum Gasteiger partial charge on any atom is -0.490 e. The van der Waals surface area contributed by atoms with Crippen LogP contribution in [-0.4, -0.2) is 78.9 Å². The second-order valence-corrected chi connectivity index (χ2v) is 11.9. The summed E-state index contributed by atoms with van der Waals surface area (Å²) in [6.07, 6.45) is 10.6. The summed E-state index contributed by atoms with van der Waals surface area (Å²) in [6.45, 7) is 4.80. The lowest BCUT2D eigenvalue weighted by atomic mass is 9.87. The van der Waals surface area contributed by atoms with Crippen molar-refractivity contribution in [2.75, 3.05) is 51.5 Å². The van der Waals surface area contributed by atoms with Gasteiger partial charge in [0.2, 0.25) is 5.91 Å². The van der Waals surface area contributed by atoms with Gasteiger partial charge in [0.05, 0.1) is 30.4 Å². The van der Waals surface area contributed by atoms with Crippen LogP contribution in [-0.2, 0) is 20.8 Å². The number of anilines is 1. The molecule has 4 heterocycles. The van der Waals surface area contributed by atoms with Gasteiger partial charge in [-0.1, -0.05) is 0 Å². The molecule has 0 bridgehead atoms. The molecule has 224 valence electrons. The minimum absolute atomic E-state index is 0.0405. The van der Waals surface area contributed by atoms with Crippen molar-refractivity contribution in [3.63, 3.8) is 0 Å². The Morgan fingerprint density at radius 3 is 2.38 bits per heavy atom. The summed E-state index contributed by atoms with van der Waals surface area (Å²) in [7, 11) is 1.85. The van der Waals surface area contributed by atoms with Gasteiger partial charge in [-0.15, -0.1) is 0 Å². The van der Waals surface area contributed by atoms with Crippen molar-refractivity contribution < 1.29 is 23.8 Å². The molecule has 2 aliphatic heterocycles. The van der Waals surface area contributed by atoms with Crippen molar-refractivity contribution in [3.05, 3.63) is 54.4 Å². The summed E-state index contributed by atoms with van der Waals surface area (Å²) in [5.74, 6) is 1.97. The molecule has 2 saturated heterocycles. The van der Waals surface area contributed by atoms with E-state index in [1.165, 1.54) is 0 Å². The van der Waals surface area contributed by atoms with E-state index in [4.69, 9.17) is 14.2 Å².